The van der Waals surface area contributed by atoms with E-state index < -0.39 is 8.38 Å². The minimum Gasteiger partial charge on any atom is -0.334 e. The lowest BCUT2D eigenvalue weighted by atomic mass is 10.0. The van der Waals surface area contributed by atoms with Gasteiger partial charge in [0.25, 0.3) is 0 Å². The Morgan fingerprint density at radius 1 is 0.750 bits per heavy atom. The fourth-order valence-electron chi connectivity index (χ4n) is 2.76. The Morgan fingerprint density at radius 2 is 1.25 bits per heavy atom. The first-order valence-corrected chi connectivity index (χ1v) is 10.2. The maximum atomic E-state index is 5.92. The van der Waals surface area contributed by atoms with E-state index in [1.807, 2.05) is 0 Å². The molecule has 0 aliphatic carbocycles. The Labute approximate surface area is 127 Å². The summed E-state index contributed by atoms with van der Waals surface area (Å²) in [6.07, 6.45) is 16.0. The summed E-state index contributed by atoms with van der Waals surface area (Å²) in [5.74, 6) is 0. The highest BCUT2D eigenvalue weighted by molar-refractivity contribution is 7.48. The van der Waals surface area contributed by atoms with E-state index in [2.05, 4.69) is 13.8 Å². The molecule has 2 nitrogen and oxygen atoms in total. The van der Waals surface area contributed by atoms with Crippen LogP contribution in [0.3, 0.4) is 0 Å². The van der Waals surface area contributed by atoms with Gasteiger partial charge < -0.3 is 9.05 Å². The molecule has 1 saturated heterocycles. The van der Waals surface area contributed by atoms with Gasteiger partial charge in [-0.3, -0.25) is 0 Å². The van der Waals surface area contributed by atoms with Crippen molar-refractivity contribution < 1.29 is 9.05 Å². The third-order valence-corrected chi connectivity index (χ3v) is 6.04. The molecular formula is C17H35O2P. The fourth-order valence-corrected chi connectivity index (χ4v) is 4.66. The van der Waals surface area contributed by atoms with E-state index in [-0.39, 0.29) is 0 Å². The second kappa shape index (κ2) is 13.0. The molecule has 0 aromatic rings. The van der Waals surface area contributed by atoms with Crippen molar-refractivity contribution in [2.45, 2.75) is 96.6 Å². The molecule has 0 aromatic heterocycles. The zero-order chi connectivity index (χ0) is 14.5. The first kappa shape index (κ1) is 18.4. The number of unbranched alkanes of at least 4 members (excludes halogenated alkanes) is 7. The molecule has 0 spiro atoms. The zero-order valence-corrected chi connectivity index (χ0v) is 14.6. The maximum Gasteiger partial charge on any atom is 0.173 e. The van der Waals surface area contributed by atoms with Crippen molar-refractivity contribution in [1.29, 1.82) is 0 Å². The molecule has 0 radical (unpaired) electrons. The highest BCUT2D eigenvalue weighted by Crippen LogP contribution is 2.50. The van der Waals surface area contributed by atoms with Crippen molar-refractivity contribution in [2.24, 2.45) is 0 Å². The molecule has 0 amide bonds. The third-order valence-electron chi connectivity index (χ3n) is 4.06. The van der Waals surface area contributed by atoms with E-state index in [0.717, 1.165) is 19.6 Å². The lowest BCUT2D eigenvalue weighted by Gasteiger charge is -2.29. The van der Waals surface area contributed by atoms with Gasteiger partial charge in [0.2, 0.25) is 0 Å². The standard InChI is InChI=1S/C17H35O2P/c1-3-5-7-9-11-14-17(13-10-8-6-4-2)20-18-15-12-16-19-20/h17H,3-16H2,1-2H3. The Hall–Kier alpha value is 0.350. The van der Waals surface area contributed by atoms with Crippen molar-refractivity contribution in [3.8, 4) is 0 Å². The maximum absolute atomic E-state index is 5.92. The summed E-state index contributed by atoms with van der Waals surface area (Å²) in [7, 11) is -0.581. The van der Waals surface area contributed by atoms with Crippen LogP contribution < -0.4 is 0 Å². The number of rotatable bonds is 12. The molecule has 3 heteroatoms. The minimum absolute atomic E-state index is 0.581. The van der Waals surface area contributed by atoms with E-state index in [4.69, 9.17) is 9.05 Å². The second-order valence-electron chi connectivity index (χ2n) is 6.01. The molecule has 0 bridgehead atoms. The van der Waals surface area contributed by atoms with Crippen molar-refractivity contribution in [2.75, 3.05) is 13.2 Å². The monoisotopic (exact) mass is 302 g/mol. The van der Waals surface area contributed by atoms with Gasteiger partial charge in [-0.15, -0.1) is 0 Å². The molecule has 0 saturated carbocycles. The van der Waals surface area contributed by atoms with Crippen LogP contribution in [0.25, 0.3) is 0 Å². The molecule has 1 heterocycles. The molecule has 1 fully saturated rings. The van der Waals surface area contributed by atoms with Gasteiger partial charge in [0.05, 0.1) is 13.2 Å². The smallest absolute Gasteiger partial charge is 0.173 e. The molecule has 0 aromatic carbocycles. The van der Waals surface area contributed by atoms with Crippen LogP contribution in [0.1, 0.15) is 90.9 Å². The average molecular weight is 302 g/mol. The third kappa shape index (κ3) is 8.60. The lowest BCUT2D eigenvalue weighted by molar-refractivity contribution is 0.174. The second-order valence-corrected chi connectivity index (χ2v) is 7.83. The Bertz CT molecular complexity index is 205. The first-order chi connectivity index (χ1) is 9.88. The number of hydrogen-bond acceptors (Lipinski definition) is 2. The zero-order valence-electron chi connectivity index (χ0n) is 13.7. The fraction of sp³-hybridized carbons (Fsp3) is 1.00. The summed E-state index contributed by atoms with van der Waals surface area (Å²) in [4.78, 5) is 0. The van der Waals surface area contributed by atoms with Crippen LogP contribution in [0.15, 0.2) is 0 Å². The van der Waals surface area contributed by atoms with Crippen molar-refractivity contribution in [3.05, 3.63) is 0 Å². The molecular weight excluding hydrogens is 267 g/mol. The van der Waals surface area contributed by atoms with E-state index >= 15 is 0 Å². The minimum atomic E-state index is -0.581. The lowest BCUT2D eigenvalue weighted by Crippen LogP contribution is -2.15. The van der Waals surface area contributed by atoms with Gasteiger partial charge in [-0.25, -0.2) is 0 Å². The van der Waals surface area contributed by atoms with E-state index in [9.17, 15) is 0 Å². The van der Waals surface area contributed by atoms with Gasteiger partial charge in [-0.05, 0) is 19.3 Å². The van der Waals surface area contributed by atoms with Crippen LogP contribution >= 0.6 is 8.38 Å². The molecule has 1 unspecified atom stereocenters. The van der Waals surface area contributed by atoms with Gasteiger partial charge >= 0.3 is 0 Å². The molecule has 1 atom stereocenters. The Morgan fingerprint density at radius 3 is 1.80 bits per heavy atom. The molecule has 1 aliphatic heterocycles. The van der Waals surface area contributed by atoms with E-state index in [0.29, 0.717) is 5.66 Å². The average Bonchev–Trinajstić information content (AvgIpc) is 2.50. The Kier molecular flexibility index (Phi) is 12.0. The summed E-state index contributed by atoms with van der Waals surface area (Å²) in [5.41, 5.74) is 0.698. The predicted molar refractivity (Wildman–Crippen MR) is 89.4 cm³/mol. The summed E-state index contributed by atoms with van der Waals surface area (Å²) >= 11 is 0. The molecule has 0 N–H and O–H groups in total. The first-order valence-electron chi connectivity index (χ1n) is 8.93. The van der Waals surface area contributed by atoms with Gasteiger partial charge in [0.1, 0.15) is 0 Å². The van der Waals surface area contributed by atoms with E-state index in [1.165, 1.54) is 70.6 Å². The number of hydrogen-bond donors (Lipinski definition) is 0. The van der Waals surface area contributed by atoms with Crippen LogP contribution in [0.2, 0.25) is 0 Å². The highest BCUT2D eigenvalue weighted by atomic mass is 31.2. The van der Waals surface area contributed by atoms with Crippen LogP contribution in [-0.2, 0) is 9.05 Å². The summed E-state index contributed by atoms with van der Waals surface area (Å²) < 4.78 is 11.8. The molecule has 1 rings (SSSR count). The Balaban J connectivity index is 2.22. The molecule has 120 valence electrons. The van der Waals surface area contributed by atoms with E-state index in [1.54, 1.807) is 0 Å². The highest BCUT2D eigenvalue weighted by Gasteiger charge is 2.25. The van der Waals surface area contributed by atoms with Crippen LogP contribution in [0.5, 0.6) is 0 Å². The van der Waals surface area contributed by atoms with Gasteiger partial charge in [-0.1, -0.05) is 71.6 Å². The summed E-state index contributed by atoms with van der Waals surface area (Å²) in [6, 6.07) is 0. The van der Waals surface area contributed by atoms with Crippen molar-refractivity contribution in [1.82, 2.24) is 0 Å². The van der Waals surface area contributed by atoms with Crippen molar-refractivity contribution in [3.63, 3.8) is 0 Å². The van der Waals surface area contributed by atoms with Gasteiger partial charge in [0.15, 0.2) is 8.38 Å². The predicted octanol–water partition coefficient (Wildman–Crippen LogP) is 6.43. The quantitative estimate of drug-likeness (QED) is 0.305. The SMILES string of the molecule is CCCCCCCC(CCCCCC)P1OCCCO1. The summed E-state index contributed by atoms with van der Waals surface area (Å²) in [5, 5.41) is 0. The van der Waals surface area contributed by atoms with Crippen molar-refractivity contribution >= 4 is 8.38 Å². The molecule has 1 aliphatic rings. The van der Waals surface area contributed by atoms with Crippen LogP contribution in [-0.4, -0.2) is 18.9 Å². The van der Waals surface area contributed by atoms with Crippen LogP contribution in [0.4, 0.5) is 0 Å². The normalized spacial score (nSPS) is 18.3. The van der Waals surface area contributed by atoms with Crippen LogP contribution in [0, 0.1) is 0 Å². The summed E-state index contributed by atoms with van der Waals surface area (Å²) in [6.45, 7) is 6.41. The molecule has 20 heavy (non-hydrogen) atoms. The largest absolute Gasteiger partial charge is 0.334 e. The van der Waals surface area contributed by atoms with Gasteiger partial charge in [-0.2, -0.15) is 0 Å². The van der Waals surface area contributed by atoms with Gasteiger partial charge in [0, 0.05) is 5.66 Å². The topological polar surface area (TPSA) is 18.5 Å².